The second-order valence-electron chi connectivity index (χ2n) is 4.15. The summed E-state index contributed by atoms with van der Waals surface area (Å²) < 4.78 is 5.28. The van der Waals surface area contributed by atoms with Crippen LogP contribution in [-0.4, -0.2) is 15.9 Å². The van der Waals surface area contributed by atoms with E-state index in [9.17, 15) is 4.79 Å². The highest BCUT2D eigenvalue weighted by Gasteiger charge is 2.45. The number of amides is 1. The van der Waals surface area contributed by atoms with Crippen molar-refractivity contribution < 1.29 is 9.21 Å². The van der Waals surface area contributed by atoms with E-state index in [1.165, 1.54) is 0 Å². The number of hydrogen-bond acceptors (Lipinski definition) is 5. The maximum atomic E-state index is 11.8. The van der Waals surface area contributed by atoms with Crippen LogP contribution in [0.4, 0.5) is 5.95 Å². The maximum Gasteiger partial charge on any atom is 0.242 e. The Morgan fingerprint density at radius 2 is 2.17 bits per heavy atom. The first-order valence-corrected chi connectivity index (χ1v) is 5.71. The van der Waals surface area contributed by atoms with Gasteiger partial charge >= 0.3 is 0 Å². The van der Waals surface area contributed by atoms with Crippen LogP contribution in [0.5, 0.6) is 0 Å². The second-order valence-corrected chi connectivity index (χ2v) is 4.15. The van der Waals surface area contributed by atoms with Gasteiger partial charge in [0.2, 0.25) is 11.9 Å². The molecule has 0 bridgehead atoms. The van der Waals surface area contributed by atoms with Crippen LogP contribution in [0.15, 0.2) is 41.3 Å². The smallest absolute Gasteiger partial charge is 0.242 e. The molecule has 1 fully saturated rings. The van der Waals surface area contributed by atoms with E-state index in [0.717, 1.165) is 12.2 Å². The third-order valence-corrected chi connectivity index (χ3v) is 2.90. The summed E-state index contributed by atoms with van der Waals surface area (Å²) in [5, 5.41) is 0. The molecule has 0 radical (unpaired) electrons. The van der Waals surface area contributed by atoms with Crippen LogP contribution < -0.4 is 10.9 Å². The summed E-state index contributed by atoms with van der Waals surface area (Å²) in [7, 11) is 0. The molecule has 0 unspecified atom stereocenters. The minimum absolute atomic E-state index is 0.0348. The fourth-order valence-electron chi connectivity index (χ4n) is 1.88. The number of aromatic nitrogens is 2. The van der Waals surface area contributed by atoms with Crippen molar-refractivity contribution in [2.45, 2.75) is 12.3 Å². The van der Waals surface area contributed by atoms with E-state index in [0.29, 0.717) is 5.95 Å². The first-order valence-electron chi connectivity index (χ1n) is 5.71. The zero-order valence-electron chi connectivity index (χ0n) is 9.54. The molecule has 2 aromatic heterocycles. The quantitative estimate of drug-likeness (QED) is 0.793. The van der Waals surface area contributed by atoms with Crippen LogP contribution in [0.3, 0.4) is 0 Å². The molecule has 0 aliphatic heterocycles. The van der Waals surface area contributed by atoms with Gasteiger partial charge in [-0.25, -0.2) is 9.97 Å². The molecule has 2 aromatic rings. The molecule has 0 spiro atoms. The molecule has 1 aliphatic rings. The normalized spacial score (nSPS) is 21.3. The summed E-state index contributed by atoms with van der Waals surface area (Å²) in [6.07, 6.45) is 5.64. The number of carbonyl (C=O) groups is 1. The SMILES string of the molecule is O=C(NNc1ncccn1)[C@@H]1C[C@@H]1c1ccco1. The van der Waals surface area contributed by atoms with Crippen LogP contribution in [0.25, 0.3) is 0 Å². The molecule has 2 atom stereocenters. The molecule has 92 valence electrons. The summed E-state index contributed by atoms with van der Waals surface area (Å²) in [5.74, 6) is 1.34. The van der Waals surface area contributed by atoms with Gasteiger partial charge < -0.3 is 4.42 Å². The van der Waals surface area contributed by atoms with Crippen molar-refractivity contribution in [2.75, 3.05) is 5.43 Å². The van der Waals surface area contributed by atoms with Gasteiger partial charge in [0.1, 0.15) is 5.76 Å². The number of hydrazine groups is 1. The molecule has 0 aromatic carbocycles. The van der Waals surface area contributed by atoms with E-state index in [2.05, 4.69) is 20.8 Å². The lowest BCUT2D eigenvalue weighted by molar-refractivity contribution is -0.121. The molecule has 1 saturated carbocycles. The van der Waals surface area contributed by atoms with Gasteiger partial charge in [-0.3, -0.25) is 15.6 Å². The highest BCUT2D eigenvalue weighted by atomic mass is 16.3. The molecular formula is C12H12N4O2. The molecule has 0 saturated heterocycles. The van der Waals surface area contributed by atoms with Crippen molar-refractivity contribution in [1.29, 1.82) is 0 Å². The van der Waals surface area contributed by atoms with Gasteiger partial charge in [0.25, 0.3) is 0 Å². The van der Waals surface area contributed by atoms with E-state index < -0.39 is 0 Å². The zero-order valence-corrected chi connectivity index (χ0v) is 9.54. The second kappa shape index (κ2) is 4.48. The zero-order chi connectivity index (χ0) is 12.4. The predicted molar refractivity (Wildman–Crippen MR) is 63.4 cm³/mol. The number of nitrogens with zero attached hydrogens (tertiary/aromatic N) is 2. The van der Waals surface area contributed by atoms with Gasteiger partial charge in [-0.1, -0.05) is 0 Å². The Morgan fingerprint density at radius 3 is 2.89 bits per heavy atom. The maximum absolute atomic E-state index is 11.8. The molecule has 2 heterocycles. The van der Waals surface area contributed by atoms with Crippen LogP contribution in [-0.2, 0) is 4.79 Å². The van der Waals surface area contributed by atoms with Crippen LogP contribution in [0, 0.1) is 5.92 Å². The first kappa shape index (κ1) is 10.8. The number of furan rings is 1. The Kier molecular flexibility index (Phi) is 2.68. The van der Waals surface area contributed by atoms with Gasteiger partial charge in [0.15, 0.2) is 0 Å². The number of rotatable bonds is 4. The average Bonchev–Trinajstić information content (AvgIpc) is 3.03. The predicted octanol–water partition coefficient (Wildman–Crippen LogP) is 1.32. The molecule has 2 N–H and O–H groups in total. The van der Waals surface area contributed by atoms with E-state index in [1.807, 2.05) is 12.1 Å². The average molecular weight is 244 g/mol. The van der Waals surface area contributed by atoms with Crippen molar-refractivity contribution >= 4 is 11.9 Å². The Bertz CT molecular complexity index is 526. The molecule has 1 amide bonds. The lowest BCUT2D eigenvalue weighted by Crippen LogP contribution is -2.31. The number of nitrogens with one attached hydrogen (secondary N) is 2. The fourth-order valence-corrected chi connectivity index (χ4v) is 1.88. The number of anilines is 1. The van der Waals surface area contributed by atoms with E-state index in [1.54, 1.807) is 24.7 Å². The topological polar surface area (TPSA) is 80.0 Å². The summed E-state index contributed by atoms with van der Waals surface area (Å²) in [4.78, 5) is 19.7. The van der Waals surface area contributed by atoms with E-state index in [-0.39, 0.29) is 17.7 Å². The van der Waals surface area contributed by atoms with Gasteiger partial charge in [0.05, 0.1) is 12.2 Å². The lowest BCUT2D eigenvalue weighted by atomic mass is 10.2. The Morgan fingerprint density at radius 1 is 1.33 bits per heavy atom. The van der Waals surface area contributed by atoms with Crippen LogP contribution >= 0.6 is 0 Å². The third-order valence-electron chi connectivity index (χ3n) is 2.90. The highest BCUT2D eigenvalue weighted by Crippen LogP contribution is 2.47. The third kappa shape index (κ3) is 2.17. The molecule has 6 nitrogen and oxygen atoms in total. The molecule has 3 rings (SSSR count). The standard InChI is InChI=1S/C12H12N4O2/c17-11(15-16-12-13-4-2-5-14-12)9-7-8(9)10-3-1-6-18-10/h1-6,8-9H,7H2,(H,15,17)(H,13,14,16)/t8-,9+/m0/s1. The monoisotopic (exact) mass is 244 g/mol. The van der Waals surface area contributed by atoms with Gasteiger partial charge in [-0.05, 0) is 24.6 Å². The number of carbonyl (C=O) groups excluding carboxylic acids is 1. The van der Waals surface area contributed by atoms with Gasteiger partial charge in [-0.15, -0.1) is 0 Å². The van der Waals surface area contributed by atoms with E-state index >= 15 is 0 Å². The Balaban J connectivity index is 1.52. The lowest BCUT2D eigenvalue weighted by Gasteiger charge is -2.05. The summed E-state index contributed by atoms with van der Waals surface area (Å²) >= 11 is 0. The first-order chi connectivity index (χ1) is 8.84. The van der Waals surface area contributed by atoms with Crippen molar-refractivity contribution in [3.63, 3.8) is 0 Å². The van der Waals surface area contributed by atoms with Crippen molar-refractivity contribution in [2.24, 2.45) is 5.92 Å². The molecule has 6 heteroatoms. The largest absolute Gasteiger partial charge is 0.469 e. The fraction of sp³-hybridized carbons (Fsp3) is 0.250. The van der Waals surface area contributed by atoms with Crippen LogP contribution in [0.2, 0.25) is 0 Å². The molecular weight excluding hydrogens is 232 g/mol. The van der Waals surface area contributed by atoms with Gasteiger partial charge in [0, 0.05) is 18.3 Å². The van der Waals surface area contributed by atoms with Crippen molar-refractivity contribution in [1.82, 2.24) is 15.4 Å². The minimum Gasteiger partial charge on any atom is -0.469 e. The van der Waals surface area contributed by atoms with Crippen molar-refractivity contribution in [3.05, 3.63) is 42.6 Å². The molecule has 18 heavy (non-hydrogen) atoms. The van der Waals surface area contributed by atoms with Crippen LogP contribution in [0.1, 0.15) is 18.1 Å². The van der Waals surface area contributed by atoms with Crippen molar-refractivity contribution in [3.8, 4) is 0 Å². The van der Waals surface area contributed by atoms with Gasteiger partial charge in [-0.2, -0.15) is 0 Å². The summed E-state index contributed by atoms with van der Waals surface area (Å²) in [6.45, 7) is 0. The summed E-state index contributed by atoms with van der Waals surface area (Å²) in [6, 6.07) is 5.44. The molecule has 1 aliphatic carbocycles. The number of hydrogen-bond donors (Lipinski definition) is 2. The summed E-state index contributed by atoms with van der Waals surface area (Å²) in [5.41, 5.74) is 5.28. The Hall–Kier alpha value is -2.37. The minimum atomic E-state index is -0.0659. The Labute approximate surface area is 103 Å². The highest BCUT2D eigenvalue weighted by molar-refractivity contribution is 5.83. The van der Waals surface area contributed by atoms with E-state index in [4.69, 9.17) is 4.42 Å².